The number of rotatable bonds is 7. The number of unbranched alkanes of at least 4 members (excludes halogenated alkanes) is 1. The zero-order valence-electron chi connectivity index (χ0n) is 9.71. The van der Waals surface area contributed by atoms with Gasteiger partial charge in [0.2, 0.25) is 0 Å². The second kappa shape index (κ2) is 6.40. The molecule has 0 aliphatic rings. The maximum Gasteiger partial charge on any atom is 0.151 e. The van der Waals surface area contributed by atoms with Crippen LogP contribution in [-0.4, -0.2) is 33.0 Å². The maximum atomic E-state index is 11.6. The summed E-state index contributed by atoms with van der Waals surface area (Å²) >= 11 is 0. The summed E-state index contributed by atoms with van der Waals surface area (Å²) in [6, 6.07) is 0.0804. The molecule has 0 saturated carbocycles. The molecule has 1 N–H and O–H groups in total. The summed E-state index contributed by atoms with van der Waals surface area (Å²) in [7, 11) is -1.04. The number of nitrogens with one attached hydrogen (secondary N) is 1. The van der Waals surface area contributed by atoms with Crippen LogP contribution in [0.1, 0.15) is 33.6 Å². The molecular weight excluding hydrogens is 198 g/mol. The highest BCUT2D eigenvalue weighted by Crippen LogP contribution is 2.06. The normalized spacial score (nSPS) is 14.6. The summed E-state index contributed by atoms with van der Waals surface area (Å²) < 4.78 is 23.2. The van der Waals surface area contributed by atoms with Crippen LogP contribution in [0.15, 0.2) is 0 Å². The average molecular weight is 221 g/mol. The van der Waals surface area contributed by atoms with Crippen molar-refractivity contribution in [3.05, 3.63) is 0 Å². The Kier molecular flexibility index (Phi) is 6.36. The first-order valence-electron chi connectivity index (χ1n) is 5.30. The van der Waals surface area contributed by atoms with Gasteiger partial charge in [-0.1, -0.05) is 27.2 Å². The second-order valence-corrected chi connectivity index (χ2v) is 6.34. The molecular formula is C10H23NO2S. The fourth-order valence-corrected chi connectivity index (χ4v) is 3.32. The van der Waals surface area contributed by atoms with E-state index in [-0.39, 0.29) is 11.8 Å². The van der Waals surface area contributed by atoms with Gasteiger partial charge in [0, 0.05) is 6.04 Å². The van der Waals surface area contributed by atoms with E-state index in [0.29, 0.717) is 11.7 Å². The Balaban J connectivity index is 4.18. The van der Waals surface area contributed by atoms with Gasteiger partial charge in [-0.15, -0.1) is 0 Å². The Morgan fingerprint density at radius 2 is 1.86 bits per heavy atom. The molecule has 0 aromatic carbocycles. The van der Waals surface area contributed by atoms with Crippen LogP contribution in [0, 0.1) is 5.92 Å². The predicted molar refractivity (Wildman–Crippen MR) is 61.2 cm³/mol. The topological polar surface area (TPSA) is 46.2 Å². The van der Waals surface area contributed by atoms with E-state index in [4.69, 9.17) is 0 Å². The van der Waals surface area contributed by atoms with Gasteiger partial charge >= 0.3 is 0 Å². The molecule has 0 heterocycles. The van der Waals surface area contributed by atoms with Crippen molar-refractivity contribution in [2.24, 2.45) is 5.92 Å². The molecule has 0 fully saturated rings. The zero-order chi connectivity index (χ0) is 11.2. The molecule has 0 amide bonds. The molecule has 3 nitrogen and oxygen atoms in total. The van der Waals surface area contributed by atoms with Crippen LogP contribution in [0.3, 0.4) is 0 Å². The van der Waals surface area contributed by atoms with E-state index in [2.05, 4.69) is 5.32 Å². The van der Waals surface area contributed by atoms with Crippen molar-refractivity contribution in [3.8, 4) is 0 Å². The minimum Gasteiger partial charge on any atom is -0.316 e. The van der Waals surface area contributed by atoms with E-state index in [1.54, 1.807) is 0 Å². The third-order valence-corrected chi connectivity index (χ3v) is 4.20. The van der Waals surface area contributed by atoms with E-state index in [0.717, 1.165) is 12.8 Å². The average Bonchev–Trinajstić information content (AvgIpc) is 2.10. The van der Waals surface area contributed by atoms with Gasteiger partial charge in [0.15, 0.2) is 9.84 Å². The molecule has 0 aliphatic heterocycles. The molecule has 1 atom stereocenters. The van der Waals surface area contributed by atoms with E-state index in [1.165, 1.54) is 0 Å². The summed E-state index contributed by atoms with van der Waals surface area (Å²) in [6.07, 6.45) is 1.71. The van der Waals surface area contributed by atoms with E-state index in [9.17, 15) is 8.42 Å². The smallest absolute Gasteiger partial charge is 0.151 e. The van der Waals surface area contributed by atoms with Crippen molar-refractivity contribution in [1.82, 2.24) is 5.32 Å². The number of hydrogen-bond acceptors (Lipinski definition) is 3. The molecule has 1 unspecified atom stereocenters. The zero-order valence-corrected chi connectivity index (χ0v) is 10.5. The van der Waals surface area contributed by atoms with Crippen LogP contribution in [-0.2, 0) is 9.84 Å². The Hall–Kier alpha value is -0.0900. The van der Waals surface area contributed by atoms with Gasteiger partial charge in [-0.25, -0.2) is 8.42 Å². The lowest BCUT2D eigenvalue weighted by Gasteiger charge is -2.19. The molecule has 0 radical (unpaired) electrons. The van der Waals surface area contributed by atoms with Gasteiger partial charge in [0.1, 0.15) is 0 Å². The molecule has 0 aromatic rings. The molecule has 4 heteroatoms. The van der Waals surface area contributed by atoms with Crippen LogP contribution in [0.5, 0.6) is 0 Å². The first-order valence-corrected chi connectivity index (χ1v) is 7.12. The molecule has 0 saturated heterocycles. The lowest BCUT2D eigenvalue weighted by atomic mass is 10.1. The largest absolute Gasteiger partial charge is 0.316 e. The van der Waals surface area contributed by atoms with Crippen LogP contribution in [0.2, 0.25) is 0 Å². The Morgan fingerprint density at radius 3 is 2.21 bits per heavy atom. The van der Waals surface area contributed by atoms with Crippen LogP contribution < -0.4 is 5.32 Å². The highest BCUT2D eigenvalue weighted by atomic mass is 32.2. The summed E-state index contributed by atoms with van der Waals surface area (Å²) in [5.41, 5.74) is 0. The lowest BCUT2D eigenvalue weighted by molar-refractivity contribution is 0.454. The van der Waals surface area contributed by atoms with Crippen molar-refractivity contribution in [1.29, 1.82) is 0 Å². The molecule has 0 aromatic heterocycles. The van der Waals surface area contributed by atoms with Gasteiger partial charge in [-0.3, -0.25) is 0 Å². The fraction of sp³-hybridized carbons (Fsp3) is 1.00. The monoisotopic (exact) mass is 221 g/mol. The van der Waals surface area contributed by atoms with E-state index in [1.807, 2.05) is 27.8 Å². The quantitative estimate of drug-likeness (QED) is 0.707. The Morgan fingerprint density at radius 1 is 1.29 bits per heavy atom. The molecule has 0 aliphatic carbocycles. The second-order valence-electron chi connectivity index (χ2n) is 4.11. The SMILES string of the molecule is CCCCS(=O)(=O)CC(NC)C(C)C. The Labute approximate surface area is 88.2 Å². The lowest BCUT2D eigenvalue weighted by Crippen LogP contribution is -2.38. The standard InChI is InChI=1S/C10H23NO2S/c1-5-6-7-14(12,13)8-10(11-4)9(2)3/h9-11H,5-8H2,1-4H3. The fourth-order valence-electron chi connectivity index (χ4n) is 1.33. The van der Waals surface area contributed by atoms with Gasteiger partial charge in [0.25, 0.3) is 0 Å². The highest BCUT2D eigenvalue weighted by Gasteiger charge is 2.19. The van der Waals surface area contributed by atoms with E-state index < -0.39 is 9.84 Å². The van der Waals surface area contributed by atoms with E-state index >= 15 is 0 Å². The minimum atomic E-state index is -2.86. The van der Waals surface area contributed by atoms with Crippen molar-refractivity contribution < 1.29 is 8.42 Å². The summed E-state index contributed by atoms with van der Waals surface area (Å²) in [4.78, 5) is 0. The molecule has 0 bridgehead atoms. The number of sulfone groups is 1. The summed E-state index contributed by atoms with van der Waals surface area (Å²) in [5, 5.41) is 3.05. The molecule has 0 spiro atoms. The molecule has 0 rings (SSSR count). The highest BCUT2D eigenvalue weighted by molar-refractivity contribution is 7.91. The van der Waals surface area contributed by atoms with Gasteiger partial charge < -0.3 is 5.32 Å². The van der Waals surface area contributed by atoms with Crippen LogP contribution in [0.4, 0.5) is 0 Å². The van der Waals surface area contributed by atoms with Crippen LogP contribution >= 0.6 is 0 Å². The summed E-state index contributed by atoms with van der Waals surface area (Å²) in [6.45, 7) is 6.08. The molecule has 14 heavy (non-hydrogen) atoms. The van der Waals surface area contributed by atoms with Crippen molar-refractivity contribution in [2.75, 3.05) is 18.6 Å². The van der Waals surface area contributed by atoms with Crippen molar-refractivity contribution in [2.45, 2.75) is 39.7 Å². The maximum absolute atomic E-state index is 11.6. The number of hydrogen-bond donors (Lipinski definition) is 1. The first-order chi connectivity index (χ1) is 6.43. The third kappa shape index (κ3) is 5.60. The van der Waals surface area contributed by atoms with Gasteiger partial charge in [-0.2, -0.15) is 0 Å². The van der Waals surface area contributed by atoms with Gasteiger partial charge in [0.05, 0.1) is 11.5 Å². The third-order valence-electron chi connectivity index (χ3n) is 2.42. The van der Waals surface area contributed by atoms with Crippen molar-refractivity contribution in [3.63, 3.8) is 0 Å². The van der Waals surface area contributed by atoms with Crippen molar-refractivity contribution >= 4 is 9.84 Å². The summed E-state index contributed by atoms with van der Waals surface area (Å²) in [5.74, 6) is 0.951. The Bertz CT molecular complexity index is 235. The predicted octanol–water partition coefficient (Wildman–Crippen LogP) is 1.45. The minimum absolute atomic E-state index is 0.0804. The molecule has 86 valence electrons. The van der Waals surface area contributed by atoms with Crippen LogP contribution in [0.25, 0.3) is 0 Å². The van der Waals surface area contributed by atoms with Gasteiger partial charge in [-0.05, 0) is 19.4 Å². The first kappa shape index (κ1) is 13.9.